The third kappa shape index (κ3) is 4.82. The van der Waals surface area contributed by atoms with Gasteiger partial charge in [-0.05, 0) is 69.0 Å². The molecule has 2 aromatic heterocycles. The third-order valence-electron chi connectivity index (χ3n) is 9.30. The normalized spacial score (nSPS) is 24.7. The van der Waals surface area contributed by atoms with Crippen LogP contribution in [0.15, 0.2) is 42.9 Å². The Morgan fingerprint density at radius 1 is 1.12 bits per heavy atom. The first-order chi connectivity index (χ1) is 19.5. The summed E-state index contributed by atoms with van der Waals surface area (Å²) in [6.07, 6.45) is 11.4. The standard InChI is InChI=1S/C30H38FN7O2/c1-18(32-2)28(39)36-26(19-7-4-3-5-8-19)29(40)37-14-11-25-27(37)23(17-38(25)30-33-12-6-13-34-30)22-16-35-24-15-20(31)9-10-21(22)24/h6,9-10,12-13,15-16,18-19,23,25-27,32,35H,3-5,7-8,11,14,17H2,1-2H3,(H,36,39). The van der Waals surface area contributed by atoms with Crippen LogP contribution in [0.4, 0.5) is 10.3 Å². The molecule has 2 aliphatic heterocycles. The van der Waals surface area contributed by atoms with Crippen LogP contribution in [0.3, 0.4) is 0 Å². The minimum atomic E-state index is -0.554. The molecule has 10 heteroatoms. The Balaban J connectivity index is 1.36. The van der Waals surface area contributed by atoms with Crippen LogP contribution in [0.5, 0.6) is 0 Å². The average Bonchev–Trinajstić information content (AvgIpc) is 3.70. The number of carbonyl (C=O) groups excluding carboxylic acids is 2. The largest absolute Gasteiger partial charge is 0.361 e. The van der Waals surface area contributed by atoms with Crippen molar-refractivity contribution in [1.29, 1.82) is 0 Å². The van der Waals surface area contributed by atoms with Crippen LogP contribution in [0.25, 0.3) is 10.9 Å². The SMILES string of the molecule is CNC(C)C(=O)NC(C(=O)N1CCC2C1C(c1c[nH]c3cc(F)ccc13)CN2c1ncccn1)C1CCCCC1. The first-order valence-electron chi connectivity index (χ1n) is 14.5. The summed E-state index contributed by atoms with van der Waals surface area (Å²) in [6.45, 7) is 3.06. The highest BCUT2D eigenvalue weighted by Crippen LogP contribution is 2.44. The zero-order valence-corrected chi connectivity index (χ0v) is 23.1. The summed E-state index contributed by atoms with van der Waals surface area (Å²) in [5.41, 5.74) is 1.80. The number of hydrogen-bond acceptors (Lipinski definition) is 6. The first kappa shape index (κ1) is 26.7. The molecule has 3 N–H and O–H groups in total. The summed E-state index contributed by atoms with van der Waals surface area (Å²) < 4.78 is 14.0. The van der Waals surface area contributed by atoms with Crippen molar-refractivity contribution in [3.05, 3.63) is 54.2 Å². The molecule has 9 nitrogen and oxygen atoms in total. The molecule has 2 saturated heterocycles. The van der Waals surface area contributed by atoms with Crippen LogP contribution in [-0.4, -0.2) is 76.0 Å². The number of hydrogen-bond donors (Lipinski definition) is 3. The van der Waals surface area contributed by atoms with Crippen molar-refractivity contribution >= 4 is 28.7 Å². The number of likely N-dealkylation sites (tertiary alicyclic amines) is 1. The van der Waals surface area contributed by atoms with Gasteiger partial charge in [-0.15, -0.1) is 0 Å². The van der Waals surface area contributed by atoms with Gasteiger partial charge >= 0.3 is 0 Å². The van der Waals surface area contributed by atoms with Crippen LogP contribution in [-0.2, 0) is 9.59 Å². The van der Waals surface area contributed by atoms with Crippen molar-refractivity contribution in [2.45, 2.75) is 75.5 Å². The van der Waals surface area contributed by atoms with Crippen LogP contribution in [0, 0.1) is 11.7 Å². The molecule has 0 radical (unpaired) electrons. The lowest BCUT2D eigenvalue weighted by Crippen LogP contribution is -2.57. The van der Waals surface area contributed by atoms with Gasteiger partial charge in [0.15, 0.2) is 0 Å². The second-order valence-electron chi connectivity index (χ2n) is 11.5. The molecule has 3 aromatic rings. The van der Waals surface area contributed by atoms with Crippen LogP contribution in [0.1, 0.15) is 56.9 Å². The molecule has 4 heterocycles. The van der Waals surface area contributed by atoms with E-state index in [1.807, 2.05) is 24.1 Å². The van der Waals surface area contributed by atoms with E-state index in [0.717, 1.165) is 48.6 Å². The van der Waals surface area contributed by atoms with E-state index in [9.17, 15) is 14.0 Å². The average molecular weight is 548 g/mol. The van der Waals surface area contributed by atoms with E-state index in [4.69, 9.17) is 0 Å². The molecule has 0 bridgehead atoms. The van der Waals surface area contributed by atoms with Gasteiger partial charge in [0.05, 0.1) is 18.1 Å². The molecule has 212 valence electrons. The maximum Gasteiger partial charge on any atom is 0.245 e. The molecule has 40 heavy (non-hydrogen) atoms. The molecule has 1 aliphatic carbocycles. The van der Waals surface area contributed by atoms with Gasteiger partial charge in [0.25, 0.3) is 0 Å². The zero-order chi connectivity index (χ0) is 27.8. The number of benzene rings is 1. The number of rotatable bonds is 7. The third-order valence-corrected chi connectivity index (χ3v) is 9.30. The topological polar surface area (TPSA) is 106 Å². The Labute approximate surface area is 233 Å². The quantitative estimate of drug-likeness (QED) is 0.419. The summed E-state index contributed by atoms with van der Waals surface area (Å²) in [5, 5.41) is 7.10. The molecule has 3 fully saturated rings. The number of fused-ring (bicyclic) bond motifs is 2. The number of carbonyl (C=O) groups is 2. The predicted molar refractivity (Wildman–Crippen MR) is 151 cm³/mol. The number of aromatic amines is 1. The number of aromatic nitrogens is 3. The van der Waals surface area contributed by atoms with Gasteiger partial charge < -0.3 is 25.4 Å². The maximum atomic E-state index is 14.5. The predicted octanol–water partition coefficient (Wildman–Crippen LogP) is 3.34. The van der Waals surface area contributed by atoms with E-state index in [0.29, 0.717) is 19.0 Å². The number of H-pyrrole nitrogens is 1. The molecule has 1 saturated carbocycles. The van der Waals surface area contributed by atoms with Gasteiger partial charge in [-0.1, -0.05) is 19.3 Å². The van der Waals surface area contributed by atoms with Crippen molar-refractivity contribution in [1.82, 2.24) is 30.5 Å². The summed E-state index contributed by atoms with van der Waals surface area (Å²) in [5.74, 6) is 0.311. The number of nitrogens with zero attached hydrogens (tertiary/aromatic N) is 4. The van der Waals surface area contributed by atoms with Gasteiger partial charge in [-0.3, -0.25) is 9.59 Å². The Morgan fingerprint density at radius 2 is 1.90 bits per heavy atom. The van der Waals surface area contributed by atoms with E-state index >= 15 is 0 Å². The molecule has 0 spiro atoms. The van der Waals surface area contributed by atoms with Crippen LogP contribution >= 0.6 is 0 Å². The lowest BCUT2D eigenvalue weighted by atomic mass is 9.82. The molecular weight excluding hydrogens is 509 g/mol. The molecule has 5 atom stereocenters. The van der Waals surface area contributed by atoms with Crippen molar-refractivity contribution in [3.8, 4) is 0 Å². The molecule has 3 aliphatic rings. The second kappa shape index (κ2) is 11.2. The lowest BCUT2D eigenvalue weighted by Gasteiger charge is -2.36. The molecule has 1 aromatic carbocycles. The Kier molecular flexibility index (Phi) is 7.44. The minimum absolute atomic E-state index is 0.00256. The van der Waals surface area contributed by atoms with Gasteiger partial charge in [0, 0.05) is 48.5 Å². The summed E-state index contributed by atoms with van der Waals surface area (Å²) in [7, 11) is 1.75. The molecule has 2 amide bonds. The Hall–Kier alpha value is -3.53. The number of nitrogens with one attached hydrogen (secondary N) is 3. The number of halogens is 1. The van der Waals surface area contributed by atoms with Gasteiger partial charge in [-0.2, -0.15) is 0 Å². The number of likely N-dealkylation sites (N-methyl/N-ethyl adjacent to an activating group) is 1. The monoisotopic (exact) mass is 547 g/mol. The summed E-state index contributed by atoms with van der Waals surface area (Å²) in [6, 6.07) is 5.60. The second-order valence-corrected chi connectivity index (χ2v) is 11.5. The zero-order valence-electron chi connectivity index (χ0n) is 23.1. The first-order valence-corrected chi connectivity index (χ1v) is 14.5. The van der Waals surface area contributed by atoms with Gasteiger partial charge in [0.2, 0.25) is 17.8 Å². The van der Waals surface area contributed by atoms with Crippen LogP contribution < -0.4 is 15.5 Å². The highest BCUT2D eigenvalue weighted by atomic mass is 19.1. The molecule has 6 rings (SSSR count). The maximum absolute atomic E-state index is 14.5. The Morgan fingerprint density at radius 3 is 2.65 bits per heavy atom. The summed E-state index contributed by atoms with van der Waals surface area (Å²) in [4.78, 5) is 44.1. The smallest absolute Gasteiger partial charge is 0.245 e. The van der Waals surface area contributed by atoms with Crippen LogP contribution in [0.2, 0.25) is 0 Å². The van der Waals surface area contributed by atoms with E-state index in [1.54, 1.807) is 25.5 Å². The van der Waals surface area contributed by atoms with Crippen molar-refractivity contribution in [2.75, 3.05) is 25.0 Å². The van der Waals surface area contributed by atoms with Crippen molar-refractivity contribution in [3.63, 3.8) is 0 Å². The number of anilines is 1. The van der Waals surface area contributed by atoms with Gasteiger partial charge in [0.1, 0.15) is 11.9 Å². The van der Waals surface area contributed by atoms with E-state index in [1.165, 1.54) is 18.6 Å². The van der Waals surface area contributed by atoms with Crippen molar-refractivity contribution < 1.29 is 14.0 Å². The fourth-order valence-electron chi connectivity index (χ4n) is 7.15. The van der Waals surface area contributed by atoms with Gasteiger partial charge in [-0.25, -0.2) is 14.4 Å². The molecule has 5 unspecified atom stereocenters. The molecular formula is C30H38FN7O2. The highest BCUT2D eigenvalue weighted by Gasteiger charge is 2.53. The highest BCUT2D eigenvalue weighted by molar-refractivity contribution is 5.91. The van der Waals surface area contributed by atoms with E-state index in [-0.39, 0.29) is 47.6 Å². The van der Waals surface area contributed by atoms with E-state index < -0.39 is 6.04 Å². The van der Waals surface area contributed by atoms with Crippen molar-refractivity contribution in [2.24, 2.45) is 5.92 Å². The summed E-state index contributed by atoms with van der Waals surface area (Å²) >= 11 is 0. The minimum Gasteiger partial charge on any atom is -0.361 e. The lowest BCUT2D eigenvalue weighted by molar-refractivity contribution is -0.139. The number of amides is 2. The fourth-order valence-corrected chi connectivity index (χ4v) is 7.15. The van der Waals surface area contributed by atoms with E-state index in [2.05, 4.69) is 30.5 Å². The fraction of sp³-hybridized carbons (Fsp3) is 0.533. The Bertz CT molecular complexity index is 1360.